The Balaban J connectivity index is 1.84. The van der Waals surface area contributed by atoms with E-state index in [0.717, 1.165) is 0 Å². The van der Waals surface area contributed by atoms with Crippen LogP contribution in [0.3, 0.4) is 0 Å². The number of benzene rings is 1. The second kappa shape index (κ2) is 6.35. The first-order valence-corrected chi connectivity index (χ1v) is 7.58. The smallest absolute Gasteiger partial charge is 0.339 e. The summed E-state index contributed by atoms with van der Waals surface area (Å²) in [5.41, 5.74) is 0.524. The van der Waals surface area contributed by atoms with E-state index in [-0.39, 0.29) is 17.1 Å². The Hall–Kier alpha value is -2.83. The van der Waals surface area contributed by atoms with Crippen molar-refractivity contribution in [1.82, 2.24) is 5.32 Å². The molecule has 1 aliphatic heterocycles. The van der Waals surface area contributed by atoms with Gasteiger partial charge in [0.2, 0.25) is 0 Å². The maximum atomic E-state index is 13.5. The predicted molar refractivity (Wildman–Crippen MR) is 81.8 cm³/mol. The quantitative estimate of drug-likeness (QED) is 0.898. The number of nitrogens with one attached hydrogen (secondary N) is 1. The number of amides is 1. The van der Waals surface area contributed by atoms with Crippen LogP contribution in [-0.4, -0.2) is 23.6 Å². The van der Waals surface area contributed by atoms with Gasteiger partial charge in [-0.25, -0.2) is 9.18 Å². The molecular formula is C17H16FNO5. The lowest BCUT2D eigenvalue weighted by molar-refractivity contribution is 0.0694. The van der Waals surface area contributed by atoms with Crippen LogP contribution < -0.4 is 10.1 Å². The summed E-state index contributed by atoms with van der Waals surface area (Å²) < 4.78 is 24.3. The van der Waals surface area contributed by atoms with Gasteiger partial charge in [0.15, 0.2) is 5.76 Å². The summed E-state index contributed by atoms with van der Waals surface area (Å²) in [6.45, 7) is 2.13. The lowest BCUT2D eigenvalue weighted by Gasteiger charge is -2.26. The summed E-state index contributed by atoms with van der Waals surface area (Å²) in [4.78, 5) is 23.5. The molecule has 6 nitrogen and oxygen atoms in total. The number of fused-ring (bicyclic) bond motifs is 1. The maximum Gasteiger partial charge on any atom is 0.339 e. The molecule has 1 amide bonds. The van der Waals surface area contributed by atoms with Gasteiger partial charge in [-0.2, -0.15) is 0 Å². The molecule has 2 N–H and O–H groups in total. The van der Waals surface area contributed by atoms with Crippen LogP contribution in [0.25, 0.3) is 0 Å². The number of carboxylic acid groups (broad SMARTS) is 1. The van der Waals surface area contributed by atoms with Crippen molar-refractivity contribution in [1.29, 1.82) is 0 Å². The molecule has 1 aliphatic rings. The molecule has 3 rings (SSSR count). The third kappa shape index (κ3) is 2.97. The predicted octanol–water partition coefficient (Wildman–Crippen LogP) is 2.93. The Labute approximate surface area is 137 Å². The number of aryl methyl sites for hydroxylation is 1. The van der Waals surface area contributed by atoms with Gasteiger partial charge in [0.05, 0.1) is 12.6 Å². The van der Waals surface area contributed by atoms with E-state index >= 15 is 0 Å². The highest BCUT2D eigenvalue weighted by Crippen LogP contribution is 2.32. The SMILES string of the molecule is CCc1oc(C(=O)NC2CCOc3ccc(F)cc32)cc1C(=O)O. The van der Waals surface area contributed by atoms with E-state index in [2.05, 4.69) is 5.32 Å². The number of carbonyl (C=O) groups excluding carboxylic acids is 1. The normalized spacial score (nSPS) is 16.2. The van der Waals surface area contributed by atoms with E-state index in [9.17, 15) is 14.0 Å². The topological polar surface area (TPSA) is 88.8 Å². The molecule has 0 aliphatic carbocycles. The lowest BCUT2D eigenvalue weighted by atomic mass is 10.0. The molecule has 126 valence electrons. The van der Waals surface area contributed by atoms with Gasteiger partial charge in [0.25, 0.3) is 5.91 Å². The average Bonchev–Trinajstić information content (AvgIpc) is 3.00. The van der Waals surface area contributed by atoms with Crippen molar-refractivity contribution in [3.05, 3.63) is 52.7 Å². The summed E-state index contributed by atoms with van der Waals surface area (Å²) in [5, 5.41) is 11.9. The highest BCUT2D eigenvalue weighted by Gasteiger charge is 2.26. The van der Waals surface area contributed by atoms with Gasteiger partial charge in [-0.15, -0.1) is 0 Å². The molecule has 0 radical (unpaired) electrons. The molecule has 0 saturated heterocycles. The maximum absolute atomic E-state index is 13.5. The highest BCUT2D eigenvalue weighted by molar-refractivity contribution is 5.96. The van der Waals surface area contributed by atoms with Gasteiger partial charge < -0.3 is 19.6 Å². The van der Waals surface area contributed by atoms with Crippen molar-refractivity contribution in [2.24, 2.45) is 0 Å². The van der Waals surface area contributed by atoms with Crippen LogP contribution in [0.5, 0.6) is 5.75 Å². The number of furan rings is 1. The Morgan fingerprint density at radius 1 is 1.38 bits per heavy atom. The molecule has 2 aromatic rings. The Morgan fingerprint density at radius 3 is 2.83 bits per heavy atom. The third-order valence-corrected chi connectivity index (χ3v) is 3.90. The first-order valence-electron chi connectivity index (χ1n) is 7.58. The number of aromatic carboxylic acids is 1. The van der Waals surface area contributed by atoms with Gasteiger partial charge in [-0.3, -0.25) is 4.79 Å². The standard InChI is InChI=1S/C17H16FNO5/c1-2-13-11(17(21)22)8-15(24-13)16(20)19-12-5-6-23-14-4-3-9(18)7-10(12)14/h3-4,7-8,12H,2,5-6H2,1H3,(H,19,20)(H,21,22). The number of ether oxygens (including phenoxy) is 1. The minimum Gasteiger partial charge on any atom is -0.493 e. The molecule has 1 aromatic carbocycles. The van der Waals surface area contributed by atoms with Crippen LogP contribution in [0, 0.1) is 5.82 Å². The molecular weight excluding hydrogens is 317 g/mol. The minimum atomic E-state index is -1.15. The second-order valence-corrected chi connectivity index (χ2v) is 5.45. The molecule has 24 heavy (non-hydrogen) atoms. The zero-order chi connectivity index (χ0) is 17.3. The number of carbonyl (C=O) groups is 2. The zero-order valence-electron chi connectivity index (χ0n) is 13.0. The van der Waals surface area contributed by atoms with E-state index in [0.29, 0.717) is 30.8 Å². The summed E-state index contributed by atoms with van der Waals surface area (Å²) in [6.07, 6.45) is 0.843. The summed E-state index contributed by atoms with van der Waals surface area (Å²) in [6, 6.07) is 4.92. The molecule has 7 heteroatoms. The van der Waals surface area contributed by atoms with Crippen molar-refractivity contribution in [3.63, 3.8) is 0 Å². The van der Waals surface area contributed by atoms with Crippen molar-refractivity contribution in [3.8, 4) is 5.75 Å². The van der Waals surface area contributed by atoms with Gasteiger partial charge in [-0.05, 0) is 18.2 Å². The number of halogens is 1. The highest BCUT2D eigenvalue weighted by atomic mass is 19.1. The molecule has 1 atom stereocenters. The molecule has 0 spiro atoms. The Bertz CT molecular complexity index is 798. The van der Waals surface area contributed by atoms with E-state index in [1.165, 1.54) is 24.3 Å². The van der Waals surface area contributed by atoms with Crippen LogP contribution >= 0.6 is 0 Å². The fourth-order valence-electron chi connectivity index (χ4n) is 2.73. The average molecular weight is 333 g/mol. The van der Waals surface area contributed by atoms with Crippen molar-refractivity contribution < 1.29 is 28.2 Å². The van der Waals surface area contributed by atoms with Crippen LogP contribution in [0.15, 0.2) is 28.7 Å². The van der Waals surface area contributed by atoms with Crippen molar-refractivity contribution in [2.45, 2.75) is 25.8 Å². The van der Waals surface area contributed by atoms with Crippen molar-refractivity contribution >= 4 is 11.9 Å². The van der Waals surface area contributed by atoms with E-state index in [1.54, 1.807) is 6.92 Å². The monoisotopic (exact) mass is 333 g/mol. The van der Waals surface area contributed by atoms with Gasteiger partial charge in [-0.1, -0.05) is 6.92 Å². The molecule has 1 aromatic heterocycles. The van der Waals surface area contributed by atoms with Gasteiger partial charge in [0.1, 0.15) is 22.9 Å². The van der Waals surface area contributed by atoms with Gasteiger partial charge >= 0.3 is 5.97 Å². The van der Waals surface area contributed by atoms with E-state index in [1.807, 2.05) is 0 Å². The molecule has 2 heterocycles. The summed E-state index contributed by atoms with van der Waals surface area (Å²) in [7, 11) is 0. The second-order valence-electron chi connectivity index (χ2n) is 5.45. The largest absolute Gasteiger partial charge is 0.493 e. The summed E-state index contributed by atoms with van der Waals surface area (Å²) in [5.74, 6) is -1.42. The summed E-state index contributed by atoms with van der Waals surface area (Å²) >= 11 is 0. The van der Waals surface area contributed by atoms with Crippen molar-refractivity contribution in [2.75, 3.05) is 6.61 Å². The van der Waals surface area contributed by atoms with Crippen LogP contribution in [-0.2, 0) is 6.42 Å². The third-order valence-electron chi connectivity index (χ3n) is 3.90. The lowest BCUT2D eigenvalue weighted by Crippen LogP contribution is -2.32. The molecule has 0 fully saturated rings. The van der Waals surface area contributed by atoms with Crippen LogP contribution in [0.1, 0.15) is 51.6 Å². The zero-order valence-corrected chi connectivity index (χ0v) is 13.0. The minimum absolute atomic E-state index is 0.0268. The molecule has 1 unspecified atom stereocenters. The van der Waals surface area contributed by atoms with Gasteiger partial charge in [0, 0.05) is 24.5 Å². The number of rotatable bonds is 4. The first kappa shape index (κ1) is 16.0. The van der Waals surface area contributed by atoms with Crippen LogP contribution in [0.2, 0.25) is 0 Å². The fraction of sp³-hybridized carbons (Fsp3) is 0.294. The number of hydrogen-bond acceptors (Lipinski definition) is 4. The van der Waals surface area contributed by atoms with E-state index < -0.39 is 23.7 Å². The molecule has 0 saturated carbocycles. The molecule has 0 bridgehead atoms. The first-order chi connectivity index (χ1) is 11.5. The fourth-order valence-corrected chi connectivity index (χ4v) is 2.73. The van der Waals surface area contributed by atoms with Crippen LogP contribution in [0.4, 0.5) is 4.39 Å². The Morgan fingerprint density at radius 2 is 2.17 bits per heavy atom. The number of hydrogen-bond donors (Lipinski definition) is 2. The number of carboxylic acids is 1. The Kier molecular flexibility index (Phi) is 4.24. The van der Waals surface area contributed by atoms with E-state index in [4.69, 9.17) is 14.3 Å².